The van der Waals surface area contributed by atoms with Crippen LogP contribution in [0.15, 0.2) is 72.9 Å². The molecule has 3 heterocycles. The van der Waals surface area contributed by atoms with Gasteiger partial charge in [-0.2, -0.15) is 0 Å². The highest BCUT2D eigenvalue weighted by Crippen LogP contribution is 2.47. The molecular weight excluding hydrogens is 384 g/mol. The van der Waals surface area contributed by atoms with Crippen LogP contribution in [0.5, 0.6) is 0 Å². The molecule has 0 saturated heterocycles. The number of carbonyl (C=O) groups excluding carboxylic acids is 1. The average Bonchev–Trinajstić information content (AvgIpc) is 3.30. The number of nitrogens with zero attached hydrogens (tertiary/aromatic N) is 2. The second-order valence-electron chi connectivity index (χ2n) is 8.49. The summed E-state index contributed by atoms with van der Waals surface area (Å²) >= 11 is 0. The van der Waals surface area contributed by atoms with Gasteiger partial charge in [0.1, 0.15) is 5.82 Å². The monoisotopic (exact) mass is 406 g/mol. The average molecular weight is 406 g/mol. The number of amides is 1. The van der Waals surface area contributed by atoms with Crippen LogP contribution in [0.1, 0.15) is 27.9 Å². The Morgan fingerprint density at radius 1 is 0.935 bits per heavy atom. The van der Waals surface area contributed by atoms with Gasteiger partial charge < -0.3 is 10.6 Å². The van der Waals surface area contributed by atoms with Crippen LogP contribution >= 0.6 is 0 Å². The molecule has 1 aliphatic carbocycles. The summed E-state index contributed by atoms with van der Waals surface area (Å²) in [7, 11) is 0. The Balaban J connectivity index is 1.27. The van der Waals surface area contributed by atoms with E-state index in [1.54, 1.807) is 6.20 Å². The number of fused-ring (bicyclic) bond motifs is 4. The largest absolute Gasteiger partial charge is 0.310 e. The normalized spacial score (nSPS) is 18.9. The van der Waals surface area contributed by atoms with Gasteiger partial charge in [-0.05, 0) is 53.8 Å². The molecule has 0 bridgehead atoms. The van der Waals surface area contributed by atoms with Crippen molar-refractivity contribution in [3.63, 3.8) is 0 Å². The summed E-state index contributed by atoms with van der Waals surface area (Å²) in [5.74, 6) is 0.759. The van der Waals surface area contributed by atoms with Gasteiger partial charge in [0, 0.05) is 30.2 Å². The van der Waals surface area contributed by atoms with Gasteiger partial charge in [-0.25, -0.2) is 4.98 Å². The zero-order chi connectivity index (χ0) is 20.8. The van der Waals surface area contributed by atoms with Gasteiger partial charge >= 0.3 is 0 Å². The standard InChI is InChI=1S/C26H22N4O/c31-25-26(22-7-4-10-28-24(22)30-25)13-19-11-18-8-9-21(29-23(18)12-20(19)14-26)16-27-15-17-5-2-1-3-6-17/h1-12,27H,13-16H2,(H,28,30,31)/t26-/m0/s1. The van der Waals surface area contributed by atoms with Crippen molar-refractivity contribution in [2.75, 3.05) is 5.32 Å². The van der Waals surface area contributed by atoms with Gasteiger partial charge in [-0.1, -0.05) is 42.5 Å². The van der Waals surface area contributed by atoms with Crippen LogP contribution in [-0.2, 0) is 36.1 Å². The van der Waals surface area contributed by atoms with Crippen molar-refractivity contribution < 1.29 is 4.79 Å². The van der Waals surface area contributed by atoms with E-state index in [-0.39, 0.29) is 5.91 Å². The molecule has 5 heteroatoms. The molecule has 6 rings (SSSR count). The lowest BCUT2D eigenvalue weighted by molar-refractivity contribution is -0.120. The van der Waals surface area contributed by atoms with Gasteiger partial charge in [0.2, 0.25) is 5.91 Å². The highest BCUT2D eigenvalue weighted by molar-refractivity contribution is 6.06. The molecule has 0 saturated carbocycles. The molecule has 1 aliphatic heterocycles. The van der Waals surface area contributed by atoms with E-state index < -0.39 is 5.41 Å². The van der Waals surface area contributed by atoms with Crippen LogP contribution in [0.4, 0.5) is 5.82 Å². The zero-order valence-corrected chi connectivity index (χ0v) is 17.1. The van der Waals surface area contributed by atoms with Crippen molar-refractivity contribution in [1.82, 2.24) is 15.3 Å². The first-order chi connectivity index (χ1) is 15.2. The van der Waals surface area contributed by atoms with E-state index in [9.17, 15) is 4.79 Å². The van der Waals surface area contributed by atoms with Gasteiger partial charge in [0.05, 0.1) is 16.6 Å². The van der Waals surface area contributed by atoms with Gasteiger partial charge in [0.25, 0.3) is 0 Å². The van der Waals surface area contributed by atoms with Crippen molar-refractivity contribution in [2.24, 2.45) is 0 Å². The first-order valence-corrected chi connectivity index (χ1v) is 10.6. The molecule has 1 spiro atoms. The minimum Gasteiger partial charge on any atom is -0.310 e. The fourth-order valence-corrected chi connectivity index (χ4v) is 4.97. The maximum Gasteiger partial charge on any atom is 0.237 e. The number of rotatable bonds is 4. The Labute approximate surface area is 180 Å². The molecule has 0 unspecified atom stereocenters. The van der Waals surface area contributed by atoms with Crippen molar-refractivity contribution in [3.05, 3.63) is 101 Å². The number of hydrogen-bond acceptors (Lipinski definition) is 4. The molecular formula is C26H22N4O. The van der Waals surface area contributed by atoms with Crippen LogP contribution in [-0.4, -0.2) is 15.9 Å². The van der Waals surface area contributed by atoms with Crippen molar-refractivity contribution in [2.45, 2.75) is 31.3 Å². The topological polar surface area (TPSA) is 66.9 Å². The lowest BCUT2D eigenvalue weighted by atomic mass is 9.79. The predicted octanol–water partition coefficient (Wildman–Crippen LogP) is 3.91. The van der Waals surface area contributed by atoms with Crippen LogP contribution in [0.3, 0.4) is 0 Å². The fraction of sp³-hybridized carbons (Fsp3) is 0.192. The molecule has 2 aliphatic rings. The minimum atomic E-state index is -0.538. The summed E-state index contributed by atoms with van der Waals surface area (Å²) in [6.07, 6.45) is 3.13. The highest BCUT2D eigenvalue weighted by Gasteiger charge is 2.51. The molecule has 5 nitrogen and oxygen atoms in total. The quantitative estimate of drug-likeness (QED) is 0.539. The van der Waals surface area contributed by atoms with E-state index in [0.29, 0.717) is 25.2 Å². The lowest BCUT2D eigenvalue weighted by Crippen LogP contribution is -2.35. The van der Waals surface area contributed by atoms with Crippen molar-refractivity contribution in [1.29, 1.82) is 0 Å². The third-order valence-electron chi connectivity index (χ3n) is 6.52. The minimum absolute atomic E-state index is 0.0558. The molecule has 152 valence electrons. The lowest BCUT2D eigenvalue weighted by Gasteiger charge is -2.20. The molecule has 31 heavy (non-hydrogen) atoms. The summed E-state index contributed by atoms with van der Waals surface area (Å²) in [5.41, 5.74) is 6.18. The fourth-order valence-electron chi connectivity index (χ4n) is 4.97. The Hall–Kier alpha value is -3.57. The number of pyridine rings is 2. The number of nitrogens with one attached hydrogen (secondary N) is 2. The molecule has 2 N–H and O–H groups in total. The van der Waals surface area contributed by atoms with E-state index in [0.717, 1.165) is 28.7 Å². The SMILES string of the molecule is O=C1Nc2ncccc2[C@@]12Cc1cc3ccc(CNCc4ccccc4)nc3cc1C2. The van der Waals surface area contributed by atoms with Crippen LogP contribution < -0.4 is 10.6 Å². The second kappa shape index (κ2) is 7.00. The van der Waals surface area contributed by atoms with Gasteiger partial charge in [-0.3, -0.25) is 9.78 Å². The molecule has 0 fully saturated rings. The highest BCUT2D eigenvalue weighted by atomic mass is 16.2. The second-order valence-corrected chi connectivity index (χ2v) is 8.49. The summed E-state index contributed by atoms with van der Waals surface area (Å²) in [6.45, 7) is 1.53. The Morgan fingerprint density at radius 2 is 1.77 bits per heavy atom. The third-order valence-corrected chi connectivity index (χ3v) is 6.52. The van der Waals surface area contributed by atoms with E-state index in [1.807, 2.05) is 18.2 Å². The Kier molecular flexibility index (Phi) is 4.11. The van der Waals surface area contributed by atoms with Crippen molar-refractivity contribution in [3.8, 4) is 0 Å². The van der Waals surface area contributed by atoms with E-state index in [2.05, 4.69) is 64.1 Å². The van der Waals surface area contributed by atoms with Crippen LogP contribution in [0.25, 0.3) is 10.9 Å². The van der Waals surface area contributed by atoms with Gasteiger partial charge in [-0.15, -0.1) is 0 Å². The first kappa shape index (κ1) is 18.2. The summed E-state index contributed by atoms with van der Waals surface area (Å²) in [5, 5.41) is 7.57. The summed E-state index contributed by atoms with van der Waals surface area (Å²) < 4.78 is 0. The number of benzene rings is 2. The summed E-state index contributed by atoms with van der Waals surface area (Å²) in [4.78, 5) is 22.2. The molecule has 4 aromatic rings. The molecule has 2 aromatic heterocycles. The molecule has 1 atom stereocenters. The van der Waals surface area contributed by atoms with E-state index >= 15 is 0 Å². The van der Waals surface area contributed by atoms with Crippen LogP contribution in [0, 0.1) is 0 Å². The van der Waals surface area contributed by atoms with Crippen LogP contribution in [0.2, 0.25) is 0 Å². The summed E-state index contributed by atoms with van der Waals surface area (Å²) in [6, 6.07) is 22.9. The Morgan fingerprint density at radius 3 is 2.65 bits per heavy atom. The number of hydrogen-bond donors (Lipinski definition) is 2. The molecule has 2 aromatic carbocycles. The van der Waals surface area contributed by atoms with E-state index in [1.165, 1.54) is 16.7 Å². The maximum atomic E-state index is 12.9. The zero-order valence-electron chi connectivity index (χ0n) is 17.1. The Bertz CT molecular complexity index is 1320. The number of anilines is 1. The number of aromatic nitrogens is 2. The number of carbonyl (C=O) groups is 1. The smallest absolute Gasteiger partial charge is 0.237 e. The first-order valence-electron chi connectivity index (χ1n) is 10.6. The third kappa shape index (κ3) is 3.01. The predicted molar refractivity (Wildman–Crippen MR) is 121 cm³/mol. The van der Waals surface area contributed by atoms with Crippen molar-refractivity contribution >= 4 is 22.6 Å². The van der Waals surface area contributed by atoms with Gasteiger partial charge in [0.15, 0.2) is 0 Å². The molecule has 0 radical (unpaired) electrons. The van der Waals surface area contributed by atoms with E-state index in [4.69, 9.17) is 4.98 Å². The molecule has 1 amide bonds. The maximum absolute atomic E-state index is 12.9.